The van der Waals surface area contributed by atoms with E-state index in [1.54, 1.807) is 0 Å². The first-order chi connectivity index (χ1) is 11.8. The van der Waals surface area contributed by atoms with E-state index in [-0.39, 0.29) is 12.4 Å². The molecule has 0 bridgehead atoms. The Hall–Kier alpha value is -1.42. The van der Waals surface area contributed by atoms with E-state index >= 15 is 0 Å². The van der Waals surface area contributed by atoms with Gasteiger partial charge in [0.2, 0.25) is 0 Å². The van der Waals surface area contributed by atoms with Gasteiger partial charge in [0.1, 0.15) is 0 Å². The summed E-state index contributed by atoms with van der Waals surface area (Å²) in [6, 6.07) is 17.9. The summed E-state index contributed by atoms with van der Waals surface area (Å²) in [5.74, 6) is 1.11. The van der Waals surface area contributed by atoms with Gasteiger partial charge in [-0.15, -0.1) is 24.2 Å². The van der Waals surface area contributed by atoms with E-state index in [4.69, 9.17) is 0 Å². The Bertz CT molecular complexity index is 829. The maximum atomic E-state index is 3.77. The van der Waals surface area contributed by atoms with Crippen molar-refractivity contribution in [2.75, 3.05) is 12.3 Å². The largest absolute Gasteiger partial charge is 0.357 e. The molecule has 4 rings (SSSR count). The molecule has 0 amide bonds. The lowest BCUT2D eigenvalue weighted by Crippen LogP contribution is -2.27. The molecule has 0 saturated heterocycles. The number of halogens is 1. The molecule has 1 unspecified atom stereocenters. The van der Waals surface area contributed by atoms with Crippen LogP contribution in [-0.2, 0) is 6.42 Å². The highest BCUT2D eigenvalue weighted by Crippen LogP contribution is 2.35. The number of thioether (sulfide) groups is 1. The molecular weight excluding hydrogens is 348 g/mol. The Labute approximate surface area is 160 Å². The van der Waals surface area contributed by atoms with E-state index in [0.717, 1.165) is 12.3 Å². The molecule has 1 atom stereocenters. The summed E-state index contributed by atoms with van der Waals surface area (Å²) in [6.45, 7) is 3.22. The highest BCUT2D eigenvalue weighted by Gasteiger charge is 2.23. The first kappa shape index (κ1) is 18.4. The minimum Gasteiger partial charge on any atom is -0.357 e. The third-order valence-electron chi connectivity index (χ3n) is 4.87. The molecule has 4 heteroatoms. The molecule has 0 fully saturated rings. The smallest absolute Gasteiger partial charge is 0.0476 e. The Balaban J connectivity index is 0.00000182. The molecule has 25 heavy (non-hydrogen) atoms. The van der Waals surface area contributed by atoms with Crippen LogP contribution in [0.1, 0.15) is 35.7 Å². The predicted octanol–water partition coefficient (Wildman–Crippen LogP) is 5.66. The highest BCUT2D eigenvalue weighted by atomic mass is 35.5. The van der Waals surface area contributed by atoms with E-state index in [1.165, 1.54) is 51.9 Å². The SMILES string of the molecule is Cc1ccc2[nH]c3c(c2c1)CCCC3NCCSc1ccccc1.Cl. The Morgan fingerprint density at radius 3 is 2.84 bits per heavy atom. The van der Waals surface area contributed by atoms with Gasteiger partial charge in [0.25, 0.3) is 0 Å². The molecule has 1 aliphatic carbocycles. The molecule has 1 aromatic heterocycles. The van der Waals surface area contributed by atoms with Crippen LogP contribution in [-0.4, -0.2) is 17.3 Å². The average molecular weight is 373 g/mol. The predicted molar refractivity (Wildman–Crippen MR) is 111 cm³/mol. The van der Waals surface area contributed by atoms with E-state index in [0.29, 0.717) is 6.04 Å². The van der Waals surface area contributed by atoms with Crippen molar-refractivity contribution in [1.82, 2.24) is 10.3 Å². The zero-order valence-electron chi connectivity index (χ0n) is 14.5. The van der Waals surface area contributed by atoms with Crippen molar-refractivity contribution in [3.05, 3.63) is 65.4 Å². The van der Waals surface area contributed by atoms with Crippen molar-refractivity contribution < 1.29 is 0 Å². The van der Waals surface area contributed by atoms with E-state index in [9.17, 15) is 0 Å². The quantitative estimate of drug-likeness (QED) is 0.447. The fourth-order valence-corrected chi connectivity index (χ4v) is 4.50. The van der Waals surface area contributed by atoms with Gasteiger partial charge in [-0.05, 0) is 56.0 Å². The van der Waals surface area contributed by atoms with Crippen LogP contribution in [0, 0.1) is 6.92 Å². The van der Waals surface area contributed by atoms with Crippen molar-refractivity contribution >= 4 is 35.1 Å². The molecule has 1 heterocycles. The second kappa shape index (κ2) is 8.31. The summed E-state index contributed by atoms with van der Waals surface area (Å²) in [4.78, 5) is 5.03. The number of hydrogen-bond donors (Lipinski definition) is 2. The molecule has 0 spiro atoms. The molecule has 2 N–H and O–H groups in total. The number of hydrogen-bond acceptors (Lipinski definition) is 2. The molecule has 2 nitrogen and oxygen atoms in total. The fraction of sp³-hybridized carbons (Fsp3) is 0.333. The normalized spacial score (nSPS) is 16.4. The molecular formula is C21H25ClN2S. The summed E-state index contributed by atoms with van der Waals surface area (Å²) in [5.41, 5.74) is 5.59. The van der Waals surface area contributed by atoms with Gasteiger partial charge in [0, 0.05) is 39.8 Å². The highest BCUT2D eigenvalue weighted by molar-refractivity contribution is 7.99. The number of aromatic amines is 1. The molecule has 3 aromatic rings. The van der Waals surface area contributed by atoms with E-state index in [2.05, 4.69) is 65.8 Å². The van der Waals surface area contributed by atoms with Crippen LogP contribution in [0.2, 0.25) is 0 Å². The first-order valence-electron chi connectivity index (χ1n) is 8.83. The van der Waals surface area contributed by atoms with Crippen LogP contribution >= 0.6 is 24.2 Å². The summed E-state index contributed by atoms with van der Waals surface area (Å²) < 4.78 is 0. The van der Waals surface area contributed by atoms with Crippen LogP contribution in [0.3, 0.4) is 0 Å². The first-order valence-corrected chi connectivity index (χ1v) is 9.82. The van der Waals surface area contributed by atoms with Crippen molar-refractivity contribution in [3.63, 3.8) is 0 Å². The van der Waals surface area contributed by atoms with Crippen molar-refractivity contribution in [1.29, 1.82) is 0 Å². The van der Waals surface area contributed by atoms with Crippen LogP contribution in [0.4, 0.5) is 0 Å². The zero-order chi connectivity index (χ0) is 16.4. The number of aryl methyl sites for hydroxylation is 2. The van der Waals surface area contributed by atoms with Gasteiger partial charge in [0.15, 0.2) is 0 Å². The third-order valence-corrected chi connectivity index (χ3v) is 5.88. The number of H-pyrrole nitrogens is 1. The monoisotopic (exact) mass is 372 g/mol. The standard InChI is InChI=1S/C21H24N2S.ClH/c1-15-10-11-19-18(14-15)17-8-5-9-20(21(17)23-19)22-12-13-24-16-6-3-2-4-7-16;/h2-4,6-7,10-11,14,20,22-23H,5,8-9,12-13H2,1H3;1H. The average Bonchev–Trinajstić information content (AvgIpc) is 2.98. The van der Waals surface area contributed by atoms with Gasteiger partial charge < -0.3 is 10.3 Å². The van der Waals surface area contributed by atoms with Gasteiger partial charge in [-0.1, -0.05) is 29.8 Å². The molecule has 132 valence electrons. The minimum atomic E-state index is 0. The Morgan fingerprint density at radius 1 is 1.16 bits per heavy atom. The zero-order valence-corrected chi connectivity index (χ0v) is 16.2. The maximum absolute atomic E-state index is 3.77. The molecule has 1 aliphatic rings. The summed E-state index contributed by atoms with van der Waals surface area (Å²) in [6.07, 6.45) is 3.71. The summed E-state index contributed by atoms with van der Waals surface area (Å²) in [5, 5.41) is 5.20. The van der Waals surface area contributed by atoms with Crippen molar-refractivity contribution in [3.8, 4) is 0 Å². The molecule has 2 aromatic carbocycles. The lowest BCUT2D eigenvalue weighted by atomic mass is 9.91. The van der Waals surface area contributed by atoms with Gasteiger partial charge in [-0.2, -0.15) is 0 Å². The maximum Gasteiger partial charge on any atom is 0.0476 e. The van der Waals surface area contributed by atoms with Crippen LogP contribution < -0.4 is 5.32 Å². The number of rotatable bonds is 5. The van der Waals surface area contributed by atoms with Crippen LogP contribution in [0.5, 0.6) is 0 Å². The van der Waals surface area contributed by atoms with Crippen molar-refractivity contribution in [2.45, 2.75) is 37.1 Å². The number of nitrogens with one attached hydrogen (secondary N) is 2. The topological polar surface area (TPSA) is 27.8 Å². The van der Waals surface area contributed by atoms with Gasteiger partial charge in [-0.3, -0.25) is 0 Å². The third kappa shape index (κ3) is 4.05. The molecule has 0 saturated carbocycles. The number of aromatic nitrogens is 1. The van der Waals surface area contributed by atoms with Gasteiger partial charge in [-0.25, -0.2) is 0 Å². The Morgan fingerprint density at radius 2 is 2.00 bits per heavy atom. The molecule has 0 aliphatic heterocycles. The second-order valence-corrected chi connectivity index (χ2v) is 7.80. The van der Waals surface area contributed by atoms with E-state index in [1.807, 2.05) is 11.8 Å². The van der Waals surface area contributed by atoms with Gasteiger partial charge >= 0.3 is 0 Å². The summed E-state index contributed by atoms with van der Waals surface area (Å²) >= 11 is 1.92. The van der Waals surface area contributed by atoms with E-state index < -0.39 is 0 Å². The van der Waals surface area contributed by atoms with Crippen LogP contribution in [0.15, 0.2) is 53.4 Å². The second-order valence-electron chi connectivity index (χ2n) is 6.63. The van der Waals surface area contributed by atoms with Crippen LogP contribution in [0.25, 0.3) is 10.9 Å². The number of fused-ring (bicyclic) bond motifs is 3. The van der Waals surface area contributed by atoms with Gasteiger partial charge in [0.05, 0.1) is 0 Å². The fourth-order valence-electron chi connectivity index (χ4n) is 3.70. The lowest BCUT2D eigenvalue weighted by molar-refractivity contribution is 0.466. The van der Waals surface area contributed by atoms with Crippen molar-refractivity contribution in [2.24, 2.45) is 0 Å². The Kier molecular flexibility index (Phi) is 6.10. The molecule has 0 radical (unpaired) electrons. The number of benzene rings is 2. The minimum absolute atomic E-state index is 0. The lowest BCUT2D eigenvalue weighted by Gasteiger charge is -2.24. The summed E-state index contributed by atoms with van der Waals surface area (Å²) in [7, 11) is 0.